The minimum Gasteiger partial charge on any atom is -0.365 e. The summed E-state index contributed by atoms with van der Waals surface area (Å²) >= 11 is 5.12. The zero-order valence-corrected chi connectivity index (χ0v) is 14.0. The number of benzene rings is 2. The van der Waals surface area contributed by atoms with Gasteiger partial charge in [0.25, 0.3) is 11.6 Å². The smallest absolute Gasteiger partial charge is 0.290 e. The molecular formula is C13H7BrFIN2O3. The summed E-state index contributed by atoms with van der Waals surface area (Å²) in [6.07, 6.45) is 0. The van der Waals surface area contributed by atoms with Gasteiger partial charge in [-0.25, -0.2) is 4.39 Å². The van der Waals surface area contributed by atoms with Crippen LogP contribution in [0, 0.1) is 19.5 Å². The fraction of sp³-hybridized carbons (Fsp3) is 0. The molecule has 1 amide bonds. The molecule has 0 bridgehead atoms. The van der Waals surface area contributed by atoms with E-state index in [4.69, 9.17) is 5.73 Å². The Labute approximate surface area is 140 Å². The van der Waals surface area contributed by atoms with Crippen LogP contribution in [0.2, 0.25) is 0 Å². The number of nitrogens with zero attached hydrogens (tertiary/aromatic N) is 1. The van der Waals surface area contributed by atoms with E-state index in [1.165, 1.54) is 30.3 Å². The summed E-state index contributed by atoms with van der Waals surface area (Å²) in [6, 6.07) is 6.67. The zero-order valence-electron chi connectivity index (χ0n) is 10.3. The summed E-state index contributed by atoms with van der Waals surface area (Å²) in [7, 11) is 0. The molecule has 0 saturated heterocycles. The Morgan fingerprint density at radius 3 is 2.52 bits per heavy atom. The monoisotopic (exact) mass is 464 g/mol. The van der Waals surface area contributed by atoms with Gasteiger partial charge in [-0.05, 0) is 52.9 Å². The predicted molar refractivity (Wildman–Crippen MR) is 87.4 cm³/mol. The molecule has 0 aliphatic carbocycles. The zero-order chi connectivity index (χ0) is 15.7. The van der Waals surface area contributed by atoms with Crippen LogP contribution in [0.4, 0.5) is 10.1 Å². The molecule has 5 nitrogen and oxygen atoms in total. The van der Waals surface area contributed by atoms with Gasteiger partial charge < -0.3 is 5.73 Å². The van der Waals surface area contributed by atoms with Crippen molar-refractivity contribution in [3.05, 3.63) is 59.9 Å². The molecule has 0 aliphatic rings. The Morgan fingerprint density at radius 1 is 1.29 bits per heavy atom. The Morgan fingerprint density at radius 2 is 1.95 bits per heavy atom. The summed E-state index contributed by atoms with van der Waals surface area (Å²) in [4.78, 5) is 22.1. The second-order valence-corrected chi connectivity index (χ2v) is 6.17. The van der Waals surface area contributed by atoms with E-state index in [0.717, 1.165) is 0 Å². The van der Waals surface area contributed by atoms with Crippen LogP contribution in [-0.2, 0) is 0 Å². The van der Waals surface area contributed by atoms with E-state index in [1.54, 1.807) is 0 Å². The highest BCUT2D eigenvalue weighted by Gasteiger charge is 2.26. The van der Waals surface area contributed by atoms with Gasteiger partial charge in [-0.3, -0.25) is 14.9 Å². The van der Waals surface area contributed by atoms with Gasteiger partial charge in [0.1, 0.15) is 11.4 Å². The summed E-state index contributed by atoms with van der Waals surface area (Å²) in [5, 5.41) is 11.3. The van der Waals surface area contributed by atoms with Crippen molar-refractivity contribution < 1.29 is 14.1 Å². The standard InChI is InChI=1S/C13H7BrFIN2O3/c14-6-3-9(8-5-7(15)1-2-11(8)16)12(18(20)21)10(4-6)13(17)19/h1-5H,(H2,17,19). The maximum absolute atomic E-state index is 13.4. The Hall–Kier alpha value is -1.55. The first-order valence-corrected chi connectivity index (χ1v) is 7.41. The number of halogens is 3. The third-order valence-corrected chi connectivity index (χ3v) is 4.14. The molecule has 0 spiro atoms. The topological polar surface area (TPSA) is 86.2 Å². The molecule has 21 heavy (non-hydrogen) atoms. The van der Waals surface area contributed by atoms with Crippen molar-refractivity contribution in [3.63, 3.8) is 0 Å². The quantitative estimate of drug-likeness (QED) is 0.425. The van der Waals surface area contributed by atoms with Crippen molar-refractivity contribution in [2.45, 2.75) is 0 Å². The SMILES string of the molecule is NC(=O)c1cc(Br)cc(-c2cc(F)ccc2I)c1[N+](=O)[O-]. The maximum atomic E-state index is 13.4. The summed E-state index contributed by atoms with van der Waals surface area (Å²) in [5.41, 5.74) is 4.98. The predicted octanol–water partition coefficient (Wildman–Crippen LogP) is 3.87. The van der Waals surface area contributed by atoms with Crippen LogP contribution < -0.4 is 5.73 Å². The molecule has 0 fully saturated rings. The van der Waals surface area contributed by atoms with Crippen molar-refractivity contribution in [2.24, 2.45) is 5.73 Å². The molecular weight excluding hydrogens is 458 g/mol. The molecule has 0 atom stereocenters. The largest absolute Gasteiger partial charge is 0.365 e. The normalized spacial score (nSPS) is 10.4. The van der Waals surface area contributed by atoms with E-state index >= 15 is 0 Å². The van der Waals surface area contributed by atoms with Gasteiger partial charge in [0.2, 0.25) is 0 Å². The van der Waals surface area contributed by atoms with Crippen LogP contribution in [0.25, 0.3) is 11.1 Å². The van der Waals surface area contributed by atoms with E-state index in [9.17, 15) is 19.3 Å². The molecule has 0 aliphatic heterocycles. The van der Waals surface area contributed by atoms with Crippen LogP contribution in [0.3, 0.4) is 0 Å². The molecule has 8 heteroatoms. The number of nitro benzene ring substituents is 1. The molecule has 0 aromatic heterocycles. The molecule has 2 rings (SSSR count). The van der Waals surface area contributed by atoms with Gasteiger partial charge in [-0.1, -0.05) is 15.9 Å². The number of nitro groups is 1. The number of carbonyl (C=O) groups excluding carboxylic acids is 1. The Balaban J connectivity index is 2.88. The maximum Gasteiger partial charge on any atom is 0.290 e. The Kier molecular flexibility index (Phi) is 4.57. The lowest BCUT2D eigenvalue weighted by Crippen LogP contribution is -2.14. The number of primary amides is 1. The molecule has 2 aromatic carbocycles. The van der Waals surface area contributed by atoms with Gasteiger partial charge in [-0.15, -0.1) is 0 Å². The van der Waals surface area contributed by atoms with E-state index in [2.05, 4.69) is 15.9 Å². The third-order valence-electron chi connectivity index (χ3n) is 2.74. The van der Waals surface area contributed by atoms with Crippen molar-refractivity contribution >= 4 is 50.1 Å². The molecule has 0 heterocycles. The highest BCUT2D eigenvalue weighted by Crippen LogP contribution is 2.38. The number of carbonyl (C=O) groups is 1. The van der Waals surface area contributed by atoms with Gasteiger partial charge in [0, 0.05) is 13.6 Å². The van der Waals surface area contributed by atoms with Gasteiger partial charge in [-0.2, -0.15) is 0 Å². The van der Waals surface area contributed by atoms with Crippen LogP contribution in [0.1, 0.15) is 10.4 Å². The van der Waals surface area contributed by atoms with Gasteiger partial charge in [0.05, 0.1) is 10.5 Å². The fourth-order valence-electron chi connectivity index (χ4n) is 1.89. The van der Waals surface area contributed by atoms with Crippen LogP contribution in [0.5, 0.6) is 0 Å². The van der Waals surface area contributed by atoms with E-state index in [-0.39, 0.29) is 11.1 Å². The van der Waals surface area contributed by atoms with Crippen LogP contribution in [-0.4, -0.2) is 10.8 Å². The summed E-state index contributed by atoms with van der Waals surface area (Å²) in [6.45, 7) is 0. The number of hydrogen-bond donors (Lipinski definition) is 1. The van der Waals surface area contributed by atoms with Crippen molar-refractivity contribution in [1.82, 2.24) is 0 Å². The van der Waals surface area contributed by atoms with E-state index < -0.39 is 22.3 Å². The first-order chi connectivity index (χ1) is 9.81. The molecule has 2 aromatic rings. The van der Waals surface area contributed by atoms with Crippen molar-refractivity contribution in [2.75, 3.05) is 0 Å². The average Bonchev–Trinajstić information content (AvgIpc) is 2.40. The fourth-order valence-corrected chi connectivity index (χ4v) is 2.98. The first-order valence-electron chi connectivity index (χ1n) is 5.54. The van der Waals surface area contributed by atoms with Gasteiger partial charge >= 0.3 is 0 Å². The second-order valence-electron chi connectivity index (χ2n) is 4.10. The molecule has 0 radical (unpaired) electrons. The number of amides is 1. The minimum atomic E-state index is -0.921. The van der Waals surface area contributed by atoms with E-state index in [1.807, 2.05) is 22.6 Å². The van der Waals surface area contributed by atoms with Crippen LogP contribution in [0.15, 0.2) is 34.8 Å². The highest BCUT2D eigenvalue weighted by molar-refractivity contribution is 14.1. The molecule has 108 valence electrons. The molecule has 2 N–H and O–H groups in total. The van der Waals surface area contributed by atoms with Crippen molar-refractivity contribution in [3.8, 4) is 11.1 Å². The highest BCUT2D eigenvalue weighted by atomic mass is 127. The molecule has 0 saturated carbocycles. The number of hydrogen-bond acceptors (Lipinski definition) is 3. The molecule has 0 unspecified atom stereocenters. The lowest BCUT2D eigenvalue weighted by Gasteiger charge is -2.09. The number of nitrogens with two attached hydrogens (primary N) is 1. The summed E-state index contributed by atoms with van der Waals surface area (Å²) < 4.78 is 14.5. The van der Waals surface area contributed by atoms with Crippen LogP contribution >= 0.6 is 38.5 Å². The minimum absolute atomic E-state index is 0.132. The lowest BCUT2D eigenvalue weighted by molar-refractivity contribution is -0.384. The number of rotatable bonds is 3. The third kappa shape index (κ3) is 3.21. The Bertz CT molecular complexity index is 767. The van der Waals surface area contributed by atoms with Crippen molar-refractivity contribution in [1.29, 1.82) is 0 Å². The van der Waals surface area contributed by atoms with E-state index in [0.29, 0.717) is 13.6 Å². The second kappa shape index (κ2) is 6.06. The summed E-state index contributed by atoms with van der Waals surface area (Å²) in [5.74, 6) is -1.45. The average molecular weight is 465 g/mol. The van der Waals surface area contributed by atoms with Gasteiger partial charge in [0.15, 0.2) is 0 Å². The first kappa shape index (κ1) is 15.8. The lowest BCUT2D eigenvalue weighted by atomic mass is 10.00.